The summed E-state index contributed by atoms with van der Waals surface area (Å²) < 4.78 is 10.9. The van der Waals surface area contributed by atoms with Crippen LogP contribution in [0.5, 0.6) is 5.75 Å². The van der Waals surface area contributed by atoms with Crippen LogP contribution in [0.25, 0.3) is 6.08 Å². The van der Waals surface area contributed by atoms with Crippen molar-refractivity contribution < 1.29 is 13.9 Å². The maximum atomic E-state index is 12.5. The molecule has 4 heteroatoms. The number of Topliss-reactive ketones (excluding diaryl/α,β-unsaturated/α-hetero) is 1. The van der Waals surface area contributed by atoms with Gasteiger partial charge in [-0.3, -0.25) is 4.79 Å². The van der Waals surface area contributed by atoms with Crippen molar-refractivity contribution in [3.63, 3.8) is 0 Å². The predicted molar refractivity (Wildman–Crippen MR) is 98.6 cm³/mol. The summed E-state index contributed by atoms with van der Waals surface area (Å²) >= 11 is 0. The minimum atomic E-state index is -0.352. The second-order valence-corrected chi connectivity index (χ2v) is 5.74. The van der Waals surface area contributed by atoms with Crippen molar-refractivity contribution in [2.75, 3.05) is 0 Å². The Hall–Kier alpha value is -3.58. The topological polar surface area (TPSA) is 63.2 Å². The van der Waals surface area contributed by atoms with Crippen LogP contribution in [-0.2, 0) is 6.61 Å². The maximum Gasteiger partial charge on any atom is 0.207 e. The lowest BCUT2D eigenvalue weighted by molar-refractivity contribution is 0.103. The molecule has 0 atom stereocenters. The van der Waals surface area contributed by atoms with Gasteiger partial charge in [-0.25, -0.2) is 0 Å². The number of hydrogen-bond donors (Lipinski definition) is 0. The molecule has 0 bridgehead atoms. The Kier molecular flexibility index (Phi) is 5.31. The number of allylic oxidation sites excluding steroid dienone is 1. The molecule has 0 radical (unpaired) electrons. The molecule has 3 rings (SSSR count). The summed E-state index contributed by atoms with van der Waals surface area (Å²) in [6, 6.07) is 20.7. The molecule has 0 aliphatic rings. The van der Waals surface area contributed by atoms with Crippen LogP contribution in [0.3, 0.4) is 0 Å². The third-order valence-electron chi connectivity index (χ3n) is 3.89. The Morgan fingerprint density at radius 2 is 1.96 bits per heavy atom. The van der Waals surface area contributed by atoms with E-state index in [0.29, 0.717) is 23.7 Å². The Balaban J connectivity index is 1.78. The highest BCUT2D eigenvalue weighted by Crippen LogP contribution is 2.20. The number of carbonyl (C=O) groups excluding carboxylic acids is 1. The normalized spacial score (nSPS) is 11.0. The standard InChI is InChI=1S/C22H17NO3/c1-16-21(10-11-25-16)22(24)19(14-23)12-18-8-5-9-20(13-18)26-15-17-6-3-2-4-7-17/h2-13H,15H2,1H3/b19-12+. The fourth-order valence-electron chi connectivity index (χ4n) is 2.52. The van der Waals surface area contributed by atoms with E-state index in [1.54, 1.807) is 25.1 Å². The number of benzene rings is 2. The number of nitrogens with zero attached hydrogens (tertiary/aromatic N) is 1. The lowest BCUT2D eigenvalue weighted by Gasteiger charge is -2.07. The van der Waals surface area contributed by atoms with E-state index in [2.05, 4.69) is 0 Å². The predicted octanol–water partition coefficient (Wildman–Crippen LogP) is 4.96. The fourth-order valence-corrected chi connectivity index (χ4v) is 2.52. The van der Waals surface area contributed by atoms with Crippen LogP contribution < -0.4 is 4.74 Å². The minimum absolute atomic E-state index is 0.0507. The number of carbonyl (C=O) groups is 1. The van der Waals surface area contributed by atoms with Crippen LogP contribution in [0, 0.1) is 18.3 Å². The van der Waals surface area contributed by atoms with E-state index in [-0.39, 0.29) is 11.4 Å². The summed E-state index contributed by atoms with van der Waals surface area (Å²) in [5, 5.41) is 9.37. The van der Waals surface area contributed by atoms with Crippen molar-refractivity contribution in [1.29, 1.82) is 5.26 Å². The Morgan fingerprint density at radius 1 is 1.15 bits per heavy atom. The maximum absolute atomic E-state index is 12.5. The summed E-state index contributed by atoms with van der Waals surface area (Å²) in [7, 11) is 0. The lowest BCUT2D eigenvalue weighted by atomic mass is 10.0. The number of nitriles is 1. The smallest absolute Gasteiger partial charge is 0.207 e. The number of aryl methyl sites for hydroxylation is 1. The van der Waals surface area contributed by atoms with Gasteiger partial charge in [0.2, 0.25) is 5.78 Å². The molecule has 3 aromatic rings. The van der Waals surface area contributed by atoms with Gasteiger partial charge < -0.3 is 9.15 Å². The summed E-state index contributed by atoms with van der Waals surface area (Å²) in [6.45, 7) is 2.15. The van der Waals surface area contributed by atoms with Crippen molar-refractivity contribution in [2.24, 2.45) is 0 Å². The number of ether oxygens (including phenoxy) is 1. The second-order valence-electron chi connectivity index (χ2n) is 5.74. The van der Waals surface area contributed by atoms with Crippen LogP contribution in [0.2, 0.25) is 0 Å². The van der Waals surface area contributed by atoms with Crippen LogP contribution in [0.4, 0.5) is 0 Å². The Labute approximate surface area is 152 Å². The average molecular weight is 343 g/mol. The molecule has 0 unspecified atom stereocenters. The zero-order valence-electron chi connectivity index (χ0n) is 14.3. The van der Waals surface area contributed by atoms with Crippen molar-refractivity contribution in [1.82, 2.24) is 0 Å². The molecule has 0 fully saturated rings. The van der Waals surface area contributed by atoms with Gasteiger partial charge in [-0.05, 0) is 42.3 Å². The van der Waals surface area contributed by atoms with Crippen LogP contribution in [0.15, 0.2) is 76.9 Å². The van der Waals surface area contributed by atoms with Gasteiger partial charge in [-0.2, -0.15) is 5.26 Å². The number of ketones is 1. The average Bonchev–Trinajstić information content (AvgIpc) is 3.11. The Morgan fingerprint density at radius 3 is 2.65 bits per heavy atom. The molecule has 26 heavy (non-hydrogen) atoms. The van der Waals surface area contributed by atoms with E-state index in [1.807, 2.05) is 54.6 Å². The zero-order valence-corrected chi connectivity index (χ0v) is 14.3. The molecule has 4 nitrogen and oxygen atoms in total. The third-order valence-corrected chi connectivity index (χ3v) is 3.89. The molecule has 128 valence electrons. The summed E-state index contributed by atoms with van der Waals surface area (Å²) in [5.74, 6) is 0.817. The summed E-state index contributed by atoms with van der Waals surface area (Å²) in [5.41, 5.74) is 2.24. The lowest BCUT2D eigenvalue weighted by Crippen LogP contribution is -2.02. The van der Waals surface area contributed by atoms with E-state index >= 15 is 0 Å². The highest BCUT2D eigenvalue weighted by Gasteiger charge is 2.16. The highest BCUT2D eigenvalue weighted by atomic mass is 16.5. The largest absolute Gasteiger partial charge is 0.489 e. The van der Waals surface area contributed by atoms with Gasteiger partial charge in [0.1, 0.15) is 29.8 Å². The van der Waals surface area contributed by atoms with E-state index in [9.17, 15) is 10.1 Å². The highest BCUT2D eigenvalue weighted by molar-refractivity contribution is 6.14. The van der Waals surface area contributed by atoms with Gasteiger partial charge >= 0.3 is 0 Å². The fraction of sp³-hybridized carbons (Fsp3) is 0.0909. The molecule has 1 heterocycles. The summed E-state index contributed by atoms with van der Waals surface area (Å²) in [6.07, 6.45) is 3.00. The molecule has 1 aromatic heterocycles. The van der Waals surface area contributed by atoms with Crippen LogP contribution in [0.1, 0.15) is 27.2 Å². The molecule has 0 saturated carbocycles. The minimum Gasteiger partial charge on any atom is -0.489 e. The summed E-state index contributed by atoms with van der Waals surface area (Å²) in [4.78, 5) is 12.5. The van der Waals surface area contributed by atoms with Crippen molar-refractivity contribution in [2.45, 2.75) is 13.5 Å². The molecular formula is C22H17NO3. The third kappa shape index (κ3) is 4.08. The first-order valence-electron chi connectivity index (χ1n) is 8.15. The van der Waals surface area contributed by atoms with E-state index in [1.165, 1.54) is 6.26 Å². The molecule has 2 aromatic carbocycles. The molecule has 0 aliphatic carbocycles. The second kappa shape index (κ2) is 8.00. The SMILES string of the molecule is Cc1occc1C(=O)/C(C#N)=C/c1cccc(OCc2ccccc2)c1. The zero-order chi connectivity index (χ0) is 18.4. The van der Waals surface area contributed by atoms with Gasteiger partial charge in [0.15, 0.2) is 0 Å². The first-order chi connectivity index (χ1) is 12.7. The molecule has 0 saturated heterocycles. The van der Waals surface area contributed by atoms with Gasteiger partial charge in [-0.1, -0.05) is 42.5 Å². The monoisotopic (exact) mass is 343 g/mol. The van der Waals surface area contributed by atoms with Crippen LogP contribution in [-0.4, -0.2) is 5.78 Å². The van der Waals surface area contributed by atoms with E-state index < -0.39 is 0 Å². The number of hydrogen-bond acceptors (Lipinski definition) is 4. The van der Waals surface area contributed by atoms with E-state index in [0.717, 1.165) is 11.1 Å². The molecule has 0 aliphatic heterocycles. The van der Waals surface area contributed by atoms with E-state index in [4.69, 9.17) is 9.15 Å². The Bertz CT molecular complexity index is 978. The quantitative estimate of drug-likeness (QED) is 0.361. The number of furan rings is 1. The van der Waals surface area contributed by atoms with Crippen molar-refractivity contribution in [3.05, 3.63) is 95.0 Å². The molecule has 0 amide bonds. The van der Waals surface area contributed by atoms with Crippen molar-refractivity contribution in [3.8, 4) is 11.8 Å². The van der Waals surface area contributed by atoms with Gasteiger partial charge in [-0.15, -0.1) is 0 Å². The molecular weight excluding hydrogens is 326 g/mol. The first kappa shape index (κ1) is 17.2. The van der Waals surface area contributed by atoms with Gasteiger partial charge in [0, 0.05) is 0 Å². The van der Waals surface area contributed by atoms with Crippen LogP contribution >= 0.6 is 0 Å². The van der Waals surface area contributed by atoms with Crippen molar-refractivity contribution >= 4 is 11.9 Å². The first-order valence-corrected chi connectivity index (χ1v) is 8.15. The van der Waals surface area contributed by atoms with Gasteiger partial charge in [0.25, 0.3) is 0 Å². The number of rotatable bonds is 6. The molecule has 0 N–H and O–H groups in total. The molecule has 0 spiro atoms. The van der Waals surface area contributed by atoms with Gasteiger partial charge in [0.05, 0.1) is 11.8 Å².